The van der Waals surface area contributed by atoms with Crippen molar-refractivity contribution in [2.45, 2.75) is 4.62 Å². The van der Waals surface area contributed by atoms with Gasteiger partial charge in [-0.1, -0.05) is 0 Å². The largest absolute Gasteiger partial charge is 0.640 e. The zero-order chi connectivity index (χ0) is 8.58. The number of hydrogen-bond donors (Lipinski definition) is 0. The second kappa shape index (κ2) is 2.74. The third kappa shape index (κ3) is 2.93. The highest BCUT2D eigenvalue weighted by Gasteiger charge is 2.65. The quantitative estimate of drug-likeness (QED) is 0.289. The first kappa shape index (κ1) is 10.3. The highest BCUT2D eigenvalue weighted by molar-refractivity contribution is 6.90. The van der Waals surface area contributed by atoms with Gasteiger partial charge >= 0.3 is 18.2 Å². The molecular formula is CHClF6Si2. The molecule has 0 N–H and O–H groups in total. The summed E-state index contributed by atoms with van der Waals surface area (Å²) in [6.07, 6.45) is 0. The van der Waals surface area contributed by atoms with Crippen LogP contribution in [0.2, 0.25) is 0 Å². The van der Waals surface area contributed by atoms with E-state index in [0.717, 1.165) is 0 Å². The van der Waals surface area contributed by atoms with E-state index in [9.17, 15) is 24.6 Å². The Hall–Kier alpha value is 0.304. The monoisotopic (exact) mass is 218 g/mol. The predicted molar refractivity (Wildman–Crippen MR) is 27.8 cm³/mol. The molecule has 0 aliphatic heterocycles. The Labute approximate surface area is 59.8 Å². The summed E-state index contributed by atoms with van der Waals surface area (Å²) in [6.45, 7) is 0. The molecule has 0 saturated heterocycles. The standard InChI is InChI=1S/CHClF6Si2/c2-1(9(3,4)5)10(6,7)8/h1H. The van der Waals surface area contributed by atoms with Crippen LogP contribution in [0, 0.1) is 0 Å². The topological polar surface area (TPSA) is 0 Å². The van der Waals surface area contributed by atoms with Crippen LogP contribution in [0.5, 0.6) is 0 Å². The van der Waals surface area contributed by atoms with E-state index in [-0.39, 0.29) is 0 Å². The Morgan fingerprint density at radius 2 is 1.00 bits per heavy atom. The second-order valence-corrected chi connectivity index (χ2v) is 6.51. The van der Waals surface area contributed by atoms with E-state index in [4.69, 9.17) is 0 Å². The molecule has 0 atom stereocenters. The van der Waals surface area contributed by atoms with Gasteiger partial charge in [0, 0.05) is 0 Å². The Morgan fingerprint density at radius 1 is 0.800 bits per heavy atom. The minimum absolute atomic E-state index is 3.49. The van der Waals surface area contributed by atoms with Crippen molar-refractivity contribution in [3.8, 4) is 0 Å². The predicted octanol–water partition coefficient (Wildman–Crippen LogP) is 2.37. The minimum Gasteiger partial charge on any atom is -0.237 e. The molecule has 0 nitrogen and oxygen atoms in total. The van der Waals surface area contributed by atoms with E-state index in [2.05, 4.69) is 11.6 Å². The zero-order valence-corrected chi connectivity index (χ0v) is 6.98. The van der Waals surface area contributed by atoms with Crippen molar-refractivity contribution in [2.75, 3.05) is 0 Å². The molecule has 0 aliphatic rings. The highest BCUT2D eigenvalue weighted by atomic mass is 35.5. The lowest BCUT2D eigenvalue weighted by molar-refractivity contribution is 0.428. The van der Waals surface area contributed by atoms with E-state index in [1.54, 1.807) is 0 Å². The summed E-state index contributed by atoms with van der Waals surface area (Å²) in [6, 6.07) is 0. The lowest BCUT2D eigenvalue weighted by atomic mass is 11.8. The van der Waals surface area contributed by atoms with Crippen molar-refractivity contribution < 1.29 is 24.6 Å². The first-order valence-electron chi connectivity index (χ1n) is 1.93. The van der Waals surface area contributed by atoms with E-state index < -0.39 is 22.8 Å². The van der Waals surface area contributed by atoms with Gasteiger partial charge in [-0.05, 0) is 0 Å². The van der Waals surface area contributed by atoms with E-state index in [1.165, 1.54) is 0 Å². The molecule has 0 rings (SSSR count). The molecular weight excluding hydrogens is 218 g/mol. The molecule has 0 aromatic carbocycles. The summed E-state index contributed by atoms with van der Waals surface area (Å²) in [5.41, 5.74) is 0. The average molecular weight is 219 g/mol. The summed E-state index contributed by atoms with van der Waals surface area (Å²) < 4.78 is 64.1. The molecule has 0 heterocycles. The molecule has 0 aromatic rings. The molecule has 0 saturated carbocycles. The van der Waals surface area contributed by atoms with Crippen LogP contribution in [0.1, 0.15) is 0 Å². The fraction of sp³-hybridized carbons (Fsp3) is 1.00. The third-order valence-corrected chi connectivity index (χ3v) is 5.17. The van der Waals surface area contributed by atoms with Gasteiger partial charge < -0.3 is 0 Å². The van der Waals surface area contributed by atoms with Crippen LogP contribution in [0.25, 0.3) is 0 Å². The molecule has 0 bridgehead atoms. The van der Waals surface area contributed by atoms with Crippen LogP contribution in [-0.4, -0.2) is 22.8 Å². The van der Waals surface area contributed by atoms with Crippen molar-refractivity contribution in [3.05, 3.63) is 0 Å². The van der Waals surface area contributed by atoms with Crippen molar-refractivity contribution in [2.24, 2.45) is 0 Å². The van der Waals surface area contributed by atoms with Crippen LogP contribution < -0.4 is 0 Å². The highest BCUT2D eigenvalue weighted by Crippen LogP contribution is 2.30. The van der Waals surface area contributed by atoms with Crippen molar-refractivity contribution in [1.29, 1.82) is 0 Å². The number of rotatable bonds is 2. The summed E-state index contributed by atoms with van der Waals surface area (Å²) in [5.74, 6) is 0. The van der Waals surface area contributed by atoms with Crippen LogP contribution in [0.15, 0.2) is 0 Å². The van der Waals surface area contributed by atoms with E-state index >= 15 is 0 Å². The Kier molecular flexibility index (Phi) is 2.82. The fourth-order valence-corrected chi connectivity index (χ4v) is 1.67. The van der Waals surface area contributed by atoms with Gasteiger partial charge in [0.05, 0.1) is 0 Å². The Morgan fingerprint density at radius 3 is 1.00 bits per heavy atom. The van der Waals surface area contributed by atoms with Gasteiger partial charge in [0.2, 0.25) is 0 Å². The average Bonchev–Trinajstić information content (AvgIpc) is 1.59. The molecule has 0 aliphatic carbocycles. The molecule has 10 heavy (non-hydrogen) atoms. The van der Waals surface area contributed by atoms with Crippen LogP contribution in [0.3, 0.4) is 0 Å². The molecule has 0 amide bonds. The molecule has 0 spiro atoms. The van der Waals surface area contributed by atoms with E-state index in [0.29, 0.717) is 0 Å². The Balaban J connectivity index is 4.23. The van der Waals surface area contributed by atoms with Gasteiger partial charge in [0.25, 0.3) is 0 Å². The lowest BCUT2D eigenvalue weighted by Gasteiger charge is -2.09. The van der Waals surface area contributed by atoms with Gasteiger partial charge in [-0.15, -0.1) is 11.6 Å². The minimum atomic E-state index is -6.69. The smallest absolute Gasteiger partial charge is 0.237 e. The van der Waals surface area contributed by atoms with Gasteiger partial charge in [-0.2, -0.15) is 0 Å². The molecule has 62 valence electrons. The maximum absolute atomic E-state index is 11.3. The van der Waals surface area contributed by atoms with Crippen LogP contribution in [-0.2, 0) is 0 Å². The van der Waals surface area contributed by atoms with Crippen LogP contribution >= 0.6 is 11.6 Å². The van der Waals surface area contributed by atoms with Gasteiger partial charge in [0.15, 0.2) is 4.62 Å². The molecule has 0 aromatic heterocycles. The maximum Gasteiger partial charge on any atom is 0.640 e. The van der Waals surface area contributed by atoms with Gasteiger partial charge in [0.1, 0.15) is 0 Å². The summed E-state index contributed by atoms with van der Waals surface area (Å²) >= 11 is 4.11. The third-order valence-electron chi connectivity index (χ3n) is 0.575. The van der Waals surface area contributed by atoms with E-state index in [1.807, 2.05) is 0 Å². The van der Waals surface area contributed by atoms with Gasteiger partial charge in [-0.3, -0.25) is 0 Å². The molecule has 0 fully saturated rings. The first-order chi connectivity index (χ1) is 4.15. The van der Waals surface area contributed by atoms with Gasteiger partial charge in [-0.25, -0.2) is 24.6 Å². The maximum atomic E-state index is 11.3. The molecule has 0 radical (unpaired) electrons. The number of alkyl halides is 1. The zero-order valence-electron chi connectivity index (χ0n) is 4.22. The summed E-state index contributed by atoms with van der Waals surface area (Å²) in [4.78, 5) is 0. The van der Waals surface area contributed by atoms with Crippen LogP contribution in [0.4, 0.5) is 24.6 Å². The number of hydrogen-bond acceptors (Lipinski definition) is 0. The van der Waals surface area contributed by atoms with Crippen molar-refractivity contribution in [3.63, 3.8) is 0 Å². The number of halogens is 7. The summed E-state index contributed by atoms with van der Waals surface area (Å²) in [7, 11) is -13.4. The summed E-state index contributed by atoms with van der Waals surface area (Å²) in [5, 5.41) is 0. The first-order valence-corrected chi connectivity index (χ1v) is 5.79. The SMILES string of the molecule is F[Si](F)(F)C(Cl)[Si](F)(F)F. The van der Waals surface area contributed by atoms with Crippen molar-refractivity contribution >= 4 is 29.8 Å². The molecule has 9 heteroatoms. The molecule has 0 unspecified atom stereocenters. The normalized spacial score (nSPS) is 14.4. The Bertz CT molecular complexity index is 99.9. The lowest BCUT2D eigenvalue weighted by Crippen LogP contribution is -2.46. The van der Waals surface area contributed by atoms with Crippen molar-refractivity contribution in [1.82, 2.24) is 0 Å². The second-order valence-electron chi connectivity index (χ2n) is 1.45. The fourth-order valence-electron chi connectivity index (χ4n) is 0.186.